The Kier molecular flexibility index (Phi) is 6.57. The number of hydrogen-bond acceptors (Lipinski definition) is 5. The lowest BCUT2D eigenvalue weighted by atomic mass is 9.91. The quantitative estimate of drug-likeness (QED) is 0.354. The van der Waals surface area contributed by atoms with E-state index in [1.54, 1.807) is 17.8 Å². The van der Waals surface area contributed by atoms with Crippen molar-refractivity contribution in [1.29, 1.82) is 0 Å². The fraction of sp³-hybridized carbons (Fsp3) is 0.200. The smallest absolute Gasteiger partial charge is 0.270 e. The molecule has 0 bridgehead atoms. The molecule has 158 valence electrons. The van der Waals surface area contributed by atoms with E-state index >= 15 is 0 Å². The maximum Gasteiger partial charge on any atom is 0.270 e. The molecule has 0 aliphatic heterocycles. The molecule has 5 nitrogen and oxygen atoms in total. The van der Waals surface area contributed by atoms with Crippen molar-refractivity contribution in [3.8, 4) is 0 Å². The SMILES string of the molecule is CSCCc1nc2cc(NCC(c3ccccc3)c3ccccc3)c(N)cc2[nH]c1=O. The highest BCUT2D eigenvalue weighted by atomic mass is 32.2. The van der Waals surface area contributed by atoms with Crippen LogP contribution in [0.1, 0.15) is 22.7 Å². The Morgan fingerprint density at radius 2 is 1.68 bits per heavy atom. The number of nitrogens with two attached hydrogens (primary N) is 1. The molecule has 0 spiro atoms. The van der Waals surface area contributed by atoms with Crippen LogP contribution in [0.25, 0.3) is 11.0 Å². The Labute approximate surface area is 186 Å². The molecule has 0 saturated carbocycles. The van der Waals surface area contributed by atoms with Crippen molar-refractivity contribution >= 4 is 34.2 Å². The summed E-state index contributed by atoms with van der Waals surface area (Å²) in [4.78, 5) is 19.8. The molecule has 3 aromatic carbocycles. The number of rotatable bonds is 8. The summed E-state index contributed by atoms with van der Waals surface area (Å²) in [5.74, 6) is 1.04. The highest BCUT2D eigenvalue weighted by molar-refractivity contribution is 7.98. The average molecular weight is 431 g/mol. The largest absolute Gasteiger partial charge is 0.397 e. The molecule has 0 atom stereocenters. The molecule has 0 amide bonds. The summed E-state index contributed by atoms with van der Waals surface area (Å²) in [5.41, 5.74) is 12.0. The van der Waals surface area contributed by atoms with Gasteiger partial charge in [0.25, 0.3) is 5.56 Å². The zero-order valence-electron chi connectivity index (χ0n) is 17.5. The van der Waals surface area contributed by atoms with E-state index in [2.05, 4.69) is 63.8 Å². The first-order chi connectivity index (χ1) is 15.2. The van der Waals surface area contributed by atoms with Crippen molar-refractivity contribution in [3.05, 3.63) is 100.0 Å². The minimum absolute atomic E-state index is 0.144. The molecular formula is C25H26N4OS. The van der Waals surface area contributed by atoms with Crippen LogP contribution in [-0.2, 0) is 6.42 Å². The third kappa shape index (κ3) is 4.91. The van der Waals surface area contributed by atoms with Crippen LogP contribution in [0.4, 0.5) is 11.4 Å². The van der Waals surface area contributed by atoms with Gasteiger partial charge in [-0.05, 0) is 35.3 Å². The van der Waals surface area contributed by atoms with Gasteiger partial charge in [-0.1, -0.05) is 60.7 Å². The summed E-state index contributed by atoms with van der Waals surface area (Å²) in [5, 5.41) is 3.52. The van der Waals surface area contributed by atoms with Gasteiger partial charge in [-0.15, -0.1) is 0 Å². The third-order valence-corrected chi connectivity index (χ3v) is 5.99. The Bertz CT molecular complexity index is 1170. The second-order valence-corrected chi connectivity index (χ2v) is 8.45. The van der Waals surface area contributed by atoms with Crippen molar-refractivity contribution in [2.24, 2.45) is 0 Å². The molecule has 31 heavy (non-hydrogen) atoms. The Morgan fingerprint density at radius 3 is 2.29 bits per heavy atom. The second kappa shape index (κ2) is 9.71. The van der Waals surface area contributed by atoms with Crippen LogP contribution in [0, 0.1) is 0 Å². The maximum absolute atomic E-state index is 12.3. The van der Waals surface area contributed by atoms with Gasteiger partial charge >= 0.3 is 0 Å². The summed E-state index contributed by atoms with van der Waals surface area (Å²) in [6, 6.07) is 24.6. The van der Waals surface area contributed by atoms with Crippen LogP contribution in [-0.4, -0.2) is 28.5 Å². The summed E-state index contributed by atoms with van der Waals surface area (Å²) in [6.45, 7) is 0.687. The van der Waals surface area contributed by atoms with E-state index in [0.29, 0.717) is 29.9 Å². The van der Waals surface area contributed by atoms with Crippen molar-refractivity contribution in [3.63, 3.8) is 0 Å². The van der Waals surface area contributed by atoms with E-state index in [1.807, 2.05) is 24.5 Å². The minimum Gasteiger partial charge on any atom is -0.397 e. The fourth-order valence-corrected chi connectivity index (χ4v) is 4.12. The van der Waals surface area contributed by atoms with E-state index in [-0.39, 0.29) is 11.5 Å². The second-order valence-electron chi connectivity index (χ2n) is 7.47. The zero-order valence-corrected chi connectivity index (χ0v) is 18.3. The van der Waals surface area contributed by atoms with Gasteiger partial charge in [0, 0.05) is 18.9 Å². The molecule has 4 rings (SSSR count). The molecule has 0 saturated heterocycles. The lowest BCUT2D eigenvalue weighted by Crippen LogP contribution is -2.17. The number of anilines is 2. The van der Waals surface area contributed by atoms with Crippen LogP contribution in [0.5, 0.6) is 0 Å². The molecule has 0 radical (unpaired) electrons. The number of fused-ring (bicyclic) bond motifs is 1. The number of nitrogens with zero attached hydrogens (tertiary/aromatic N) is 1. The van der Waals surface area contributed by atoms with Crippen LogP contribution >= 0.6 is 11.8 Å². The predicted octanol–water partition coefficient (Wildman–Crippen LogP) is 4.65. The van der Waals surface area contributed by atoms with Gasteiger partial charge in [0.1, 0.15) is 5.69 Å². The first kappa shape index (κ1) is 21.0. The molecule has 0 unspecified atom stereocenters. The lowest BCUT2D eigenvalue weighted by Gasteiger charge is -2.20. The monoisotopic (exact) mass is 430 g/mol. The van der Waals surface area contributed by atoms with Gasteiger partial charge in [-0.25, -0.2) is 4.98 Å². The minimum atomic E-state index is -0.144. The Hall–Kier alpha value is -3.25. The number of nitrogen functional groups attached to an aromatic ring is 1. The van der Waals surface area contributed by atoms with Crippen LogP contribution < -0.4 is 16.6 Å². The lowest BCUT2D eigenvalue weighted by molar-refractivity contribution is 0.853. The molecule has 0 fully saturated rings. The van der Waals surface area contributed by atoms with Gasteiger partial charge in [0.2, 0.25) is 0 Å². The number of nitrogens with one attached hydrogen (secondary N) is 2. The molecule has 0 aliphatic carbocycles. The zero-order chi connectivity index (χ0) is 21.6. The fourth-order valence-electron chi connectivity index (χ4n) is 3.72. The number of aromatic amines is 1. The summed E-state index contributed by atoms with van der Waals surface area (Å²) in [7, 11) is 0. The van der Waals surface area contributed by atoms with Crippen LogP contribution in [0.15, 0.2) is 77.6 Å². The molecular weight excluding hydrogens is 404 g/mol. The number of thioether (sulfide) groups is 1. The molecule has 1 aromatic heterocycles. The van der Waals surface area contributed by atoms with Gasteiger partial charge in [0.05, 0.1) is 22.4 Å². The molecule has 1 heterocycles. The third-order valence-electron chi connectivity index (χ3n) is 5.38. The Morgan fingerprint density at radius 1 is 1.03 bits per heavy atom. The van der Waals surface area contributed by atoms with Gasteiger partial charge in [0.15, 0.2) is 0 Å². The van der Waals surface area contributed by atoms with Crippen molar-refractivity contribution in [2.75, 3.05) is 29.6 Å². The highest BCUT2D eigenvalue weighted by Gasteiger charge is 2.15. The first-order valence-electron chi connectivity index (χ1n) is 10.3. The van der Waals surface area contributed by atoms with Crippen LogP contribution in [0.2, 0.25) is 0 Å². The number of H-pyrrole nitrogens is 1. The van der Waals surface area contributed by atoms with Gasteiger partial charge < -0.3 is 16.0 Å². The summed E-state index contributed by atoms with van der Waals surface area (Å²) in [6.07, 6.45) is 2.66. The molecule has 4 aromatic rings. The standard InChI is InChI=1S/C25H26N4OS/c1-31-13-12-21-25(30)29-23-14-20(26)22(15-24(23)28-21)27-16-19(17-8-4-2-5-9-17)18-10-6-3-7-11-18/h2-11,14-15,19,27H,12-13,16,26H2,1H3,(H,29,30). The van der Waals surface area contributed by atoms with E-state index in [0.717, 1.165) is 17.0 Å². The number of benzene rings is 3. The van der Waals surface area contributed by atoms with Crippen molar-refractivity contribution in [2.45, 2.75) is 12.3 Å². The normalized spacial score (nSPS) is 11.2. The summed E-state index contributed by atoms with van der Waals surface area (Å²) < 4.78 is 0. The van der Waals surface area contributed by atoms with E-state index in [9.17, 15) is 4.79 Å². The first-order valence-corrected chi connectivity index (χ1v) is 11.7. The average Bonchev–Trinajstić information content (AvgIpc) is 2.80. The molecule has 6 heteroatoms. The van der Waals surface area contributed by atoms with E-state index in [4.69, 9.17) is 5.73 Å². The van der Waals surface area contributed by atoms with Gasteiger partial charge in [-0.3, -0.25) is 4.79 Å². The molecule has 0 aliphatic rings. The highest BCUT2D eigenvalue weighted by Crippen LogP contribution is 2.28. The van der Waals surface area contributed by atoms with E-state index in [1.165, 1.54) is 11.1 Å². The topological polar surface area (TPSA) is 83.8 Å². The van der Waals surface area contributed by atoms with Crippen molar-refractivity contribution < 1.29 is 0 Å². The Balaban J connectivity index is 1.64. The number of hydrogen-bond donors (Lipinski definition) is 3. The maximum atomic E-state index is 12.3. The van der Waals surface area contributed by atoms with Crippen molar-refractivity contribution in [1.82, 2.24) is 9.97 Å². The summed E-state index contributed by atoms with van der Waals surface area (Å²) >= 11 is 1.70. The number of aryl methyl sites for hydroxylation is 1. The van der Waals surface area contributed by atoms with Gasteiger partial charge in [-0.2, -0.15) is 11.8 Å². The van der Waals surface area contributed by atoms with Crippen LogP contribution in [0.3, 0.4) is 0 Å². The number of aromatic nitrogens is 2. The predicted molar refractivity (Wildman–Crippen MR) is 132 cm³/mol. The molecule has 4 N–H and O–H groups in total. The van der Waals surface area contributed by atoms with E-state index < -0.39 is 0 Å².